The first kappa shape index (κ1) is 17.8. The fraction of sp³-hybridized carbons (Fsp3) is 0.556. The van der Waals surface area contributed by atoms with E-state index in [0.29, 0.717) is 30.5 Å². The van der Waals surface area contributed by atoms with Gasteiger partial charge in [-0.15, -0.1) is 0 Å². The zero-order valence-corrected chi connectivity index (χ0v) is 14.8. The van der Waals surface area contributed by atoms with Crippen LogP contribution in [-0.2, 0) is 9.59 Å². The summed E-state index contributed by atoms with van der Waals surface area (Å²) in [6.07, 6.45) is 2.02. The van der Waals surface area contributed by atoms with E-state index < -0.39 is 0 Å². The van der Waals surface area contributed by atoms with E-state index in [1.54, 1.807) is 6.07 Å². The quantitative estimate of drug-likeness (QED) is 0.907. The van der Waals surface area contributed by atoms with Crippen molar-refractivity contribution in [1.29, 1.82) is 0 Å². The monoisotopic (exact) mass is 336 g/mol. The average Bonchev–Trinajstić information content (AvgIpc) is 2.50. The Hall–Kier alpha value is -1.55. The van der Waals surface area contributed by atoms with Gasteiger partial charge in [-0.05, 0) is 43.4 Å². The Morgan fingerprint density at radius 1 is 1.30 bits per heavy atom. The summed E-state index contributed by atoms with van der Waals surface area (Å²) in [5.74, 6) is 0.543. The molecule has 1 aliphatic rings. The lowest BCUT2D eigenvalue weighted by atomic mass is 9.95. The third kappa shape index (κ3) is 4.96. The van der Waals surface area contributed by atoms with Gasteiger partial charge >= 0.3 is 0 Å². The van der Waals surface area contributed by atoms with Gasteiger partial charge in [0.2, 0.25) is 11.8 Å². The maximum atomic E-state index is 12.4. The fourth-order valence-electron chi connectivity index (χ4n) is 2.83. The van der Waals surface area contributed by atoms with Gasteiger partial charge in [-0.3, -0.25) is 9.59 Å². The number of carbonyl (C=O) groups is 2. The molecule has 0 aliphatic carbocycles. The van der Waals surface area contributed by atoms with Gasteiger partial charge in [0.25, 0.3) is 0 Å². The lowest BCUT2D eigenvalue weighted by Crippen LogP contribution is -2.41. The summed E-state index contributed by atoms with van der Waals surface area (Å²) in [6.45, 7) is 7.37. The Morgan fingerprint density at radius 2 is 1.96 bits per heavy atom. The highest BCUT2D eigenvalue weighted by Crippen LogP contribution is 2.24. The molecule has 1 N–H and O–H groups in total. The topological polar surface area (TPSA) is 49.4 Å². The Balaban J connectivity index is 1.88. The van der Waals surface area contributed by atoms with Crippen molar-refractivity contribution in [3.8, 4) is 0 Å². The number of halogens is 1. The van der Waals surface area contributed by atoms with Crippen molar-refractivity contribution in [2.75, 3.05) is 18.4 Å². The summed E-state index contributed by atoms with van der Waals surface area (Å²) < 4.78 is 0. The minimum absolute atomic E-state index is 0.0197. The minimum Gasteiger partial charge on any atom is -0.343 e. The molecule has 126 valence electrons. The number of piperidine rings is 1. The molecule has 2 amide bonds. The van der Waals surface area contributed by atoms with Crippen LogP contribution in [0.1, 0.15) is 38.7 Å². The first-order valence-electron chi connectivity index (χ1n) is 8.21. The van der Waals surface area contributed by atoms with E-state index in [2.05, 4.69) is 5.32 Å². The van der Waals surface area contributed by atoms with Crippen molar-refractivity contribution in [3.63, 3.8) is 0 Å². The minimum atomic E-state index is -0.0449. The smallest absolute Gasteiger partial charge is 0.227 e. The van der Waals surface area contributed by atoms with Crippen LogP contribution < -0.4 is 5.32 Å². The van der Waals surface area contributed by atoms with Gasteiger partial charge in [-0.2, -0.15) is 0 Å². The summed E-state index contributed by atoms with van der Waals surface area (Å²) >= 11 is 5.99. The molecule has 0 bridgehead atoms. The number of aryl methyl sites for hydroxylation is 1. The van der Waals surface area contributed by atoms with E-state index in [1.807, 2.05) is 37.8 Å². The summed E-state index contributed by atoms with van der Waals surface area (Å²) in [7, 11) is 0. The highest BCUT2D eigenvalue weighted by molar-refractivity contribution is 6.31. The average molecular weight is 337 g/mol. The molecule has 0 atom stereocenters. The van der Waals surface area contributed by atoms with E-state index in [9.17, 15) is 9.59 Å². The molecule has 1 aliphatic heterocycles. The normalized spacial score (nSPS) is 15.8. The number of likely N-dealkylation sites (tertiary alicyclic amines) is 1. The maximum absolute atomic E-state index is 12.4. The Kier molecular flexibility index (Phi) is 6.05. The van der Waals surface area contributed by atoms with Crippen LogP contribution in [0.15, 0.2) is 18.2 Å². The molecule has 1 heterocycles. The fourth-order valence-corrected chi connectivity index (χ4v) is 3.01. The van der Waals surface area contributed by atoms with E-state index >= 15 is 0 Å². The van der Waals surface area contributed by atoms with Gasteiger partial charge < -0.3 is 10.2 Å². The van der Waals surface area contributed by atoms with Crippen molar-refractivity contribution < 1.29 is 9.59 Å². The zero-order chi connectivity index (χ0) is 17.0. The van der Waals surface area contributed by atoms with Crippen LogP contribution in [0.4, 0.5) is 5.69 Å². The Labute approximate surface area is 143 Å². The molecular weight excluding hydrogens is 312 g/mol. The maximum Gasteiger partial charge on any atom is 0.227 e. The van der Waals surface area contributed by atoms with Crippen LogP contribution in [0.3, 0.4) is 0 Å². The highest BCUT2D eigenvalue weighted by Gasteiger charge is 2.27. The molecule has 0 radical (unpaired) electrons. The molecule has 1 saturated heterocycles. The van der Waals surface area contributed by atoms with E-state index in [4.69, 9.17) is 11.6 Å². The molecule has 0 unspecified atom stereocenters. The number of nitrogens with one attached hydrogen (secondary N) is 1. The van der Waals surface area contributed by atoms with Crippen LogP contribution in [0, 0.1) is 18.8 Å². The third-order valence-corrected chi connectivity index (χ3v) is 4.49. The molecule has 0 saturated carbocycles. The summed E-state index contributed by atoms with van der Waals surface area (Å²) in [4.78, 5) is 26.4. The van der Waals surface area contributed by atoms with E-state index in [1.165, 1.54) is 0 Å². The molecule has 0 aromatic heterocycles. The number of hydrogen-bond acceptors (Lipinski definition) is 2. The molecule has 1 fully saturated rings. The van der Waals surface area contributed by atoms with Gasteiger partial charge in [0.15, 0.2) is 0 Å². The van der Waals surface area contributed by atoms with Crippen LogP contribution in [0.5, 0.6) is 0 Å². The predicted octanol–water partition coefficient (Wildman–Crippen LogP) is 3.87. The Morgan fingerprint density at radius 3 is 2.57 bits per heavy atom. The number of rotatable bonds is 4. The van der Waals surface area contributed by atoms with Crippen LogP contribution >= 0.6 is 11.6 Å². The van der Waals surface area contributed by atoms with Gasteiger partial charge in [-0.25, -0.2) is 0 Å². The molecule has 4 nitrogen and oxygen atoms in total. The summed E-state index contributed by atoms with van der Waals surface area (Å²) in [6, 6.07) is 5.48. The van der Waals surface area contributed by atoms with Crippen LogP contribution in [0.25, 0.3) is 0 Å². The number of carbonyl (C=O) groups excluding carboxylic acids is 2. The first-order chi connectivity index (χ1) is 10.9. The van der Waals surface area contributed by atoms with Crippen molar-refractivity contribution in [2.45, 2.75) is 40.0 Å². The van der Waals surface area contributed by atoms with E-state index in [-0.39, 0.29) is 17.7 Å². The standard InChI is InChI=1S/C18H25ClN2O2/c1-12(2)10-17(22)21-8-6-14(7-9-21)18(23)20-16-11-15(19)5-4-13(16)3/h4-5,11-12,14H,6-10H2,1-3H3,(H,20,23). The third-order valence-electron chi connectivity index (χ3n) is 4.26. The van der Waals surface area contributed by atoms with E-state index in [0.717, 1.165) is 24.1 Å². The van der Waals surface area contributed by atoms with Crippen molar-refractivity contribution in [1.82, 2.24) is 4.90 Å². The second kappa shape index (κ2) is 7.82. The summed E-state index contributed by atoms with van der Waals surface area (Å²) in [5.41, 5.74) is 1.76. The molecule has 5 heteroatoms. The Bertz CT molecular complexity index is 578. The second-order valence-electron chi connectivity index (χ2n) is 6.70. The van der Waals surface area contributed by atoms with Crippen molar-refractivity contribution >= 4 is 29.1 Å². The molecule has 23 heavy (non-hydrogen) atoms. The number of hydrogen-bond donors (Lipinski definition) is 1. The molecule has 0 spiro atoms. The number of benzene rings is 1. The van der Waals surface area contributed by atoms with Crippen molar-refractivity contribution in [3.05, 3.63) is 28.8 Å². The molecule has 1 aromatic rings. The number of amides is 2. The van der Waals surface area contributed by atoms with Gasteiger partial charge in [0.05, 0.1) is 0 Å². The van der Waals surface area contributed by atoms with Gasteiger partial charge in [0, 0.05) is 36.1 Å². The predicted molar refractivity (Wildman–Crippen MR) is 93.6 cm³/mol. The van der Waals surface area contributed by atoms with Crippen LogP contribution in [0.2, 0.25) is 5.02 Å². The lowest BCUT2D eigenvalue weighted by molar-refractivity contribution is -0.135. The van der Waals surface area contributed by atoms with Crippen molar-refractivity contribution in [2.24, 2.45) is 11.8 Å². The zero-order valence-electron chi connectivity index (χ0n) is 14.1. The number of anilines is 1. The highest BCUT2D eigenvalue weighted by atomic mass is 35.5. The van der Waals surface area contributed by atoms with Crippen LogP contribution in [-0.4, -0.2) is 29.8 Å². The SMILES string of the molecule is Cc1ccc(Cl)cc1NC(=O)C1CCN(C(=O)CC(C)C)CC1. The summed E-state index contributed by atoms with van der Waals surface area (Å²) in [5, 5.41) is 3.58. The second-order valence-corrected chi connectivity index (χ2v) is 7.14. The molecule has 1 aromatic carbocycles. The first-order valence-corrected chi connectivity index (χ1v) is 8.59. The molecule has 2 rings (SSSR count). The van der Waals surface area contributed by atoms with Gasteiger partial charge in [-0.1, -0.05) is 31.5 Å². The number of nitrogens with zero attached hydrogens (tertiary/aromatic N) is 1. The molecular formula is C18H25ClN2O2. The largest absolute Gasteiger partial charge is 0.343 e. The van der Waals surface area contributed by atoms with Gasteiger partial charge in [0.1, 0.15) is 0 Å². The lowest BCUT2D eigenvalue weighted by Gasteiger charge is -2.32.